The Morgan fingerprint density at radius 2 is 1.76 bits per heavy atom. The highest BCUT2D eigenvalue weighted by molar-refractivity contribution is 5.95. The van der Waals surface area contributed by atoms with Gasteiger partial charge in [0, 0.05) is 43.5 Å². The minimum atomic E-state index is 0.0491. The van der Waals surface area contributed by atoms with Crippen molar-refractivity contribution in [2.45, 2.75) is 20.8 Å². The molecule has 0 N–H and O–H groups in total. The van der Waals surface area contributed by atoms with E-state index >= 15 is 0 Å². The second-order valence-electron chi connectivity index (χ2n) is 6.38. The maximum Gasteiger partial charge on any atom is 0.254 e. The lowest BCUT2D eigenvalue weighted by atomic mass is 10.1. The lowest BCUT2D eigenvalue weighted by Gasteiger charge is -2.35. The summed E-state index contributed by atoms with van der Waals surface area (Å²) in [5.41, 5.74) is 2.66. The predicted molar refractivity (Wildman–Crippen MR) is 97.4 cm³/mol. The molecule has 0 bridgehead atoms. The standard InChI is InChI=1S/C19H24N4O2/c1-13-5-6-16(12-17(13)25-4)19(24)23-9-7-22(8-10-23)18-11-14(2)20-15(3)21-18/h5-6,11-12H,7-10H2,1-4H3. The van der Waals surface area contributed by atoms with E-state index in [-0.39, 0.29) is 5.91 Å². The highest BCUT2D eigenvalue weighted by atomic mass is 16.5. The lowest BCUT2D eigenvalue weighted by molar-refractivity contribution is 0.0746. The maximum absolute atomic E-state index is 12.8. The zero-order valence-corrected chi connectivity index (χ0v) is 15.2. The van der Waals surface area contributed by atoms with Gasteiger partial charge in [0.2, 0.25) is 0 Å². The maximum atomic E-state index is 12.8. The van der Waals surface area contributed by atoms with E-state index < -0.39 is 0 Å². The van der Waals surface area contributed by atoms with Crippen molar-refractivity contribution in [1.82, 2.24) is 14.9 Å². The Bertz CT molecular complexity index is 763. The first-order valence-electron chi connectivity index (χ1n) is 8.49. The molecule has 2 aromatic rings. The van der Waals surface area contributed by atoms with Gasteiger partial charge in [0.05, 0.1) is 7.11 Å². The molecule has 0 spiro atoms. The fraction of sp³-hybridized carbons (Fsp3) is 0.421. The van der Waals surface area contributed by atoms with Crippen LogP contribution in [0.1, 0.15) is 27.4 Å². The molecule has 3 rings (SSSR count). The summed E-state index contributed by atoms with van der Waals surface area (Å²) in [6, 6.07) is 7.61. The summed E-state index contributed by atoms with van der Waals surface area (Å²) in [7, 11) is 1.63. The van der Waals surface area contributed by atoms with Crippen molar-refractivity contribution in [2.24, 2.45) is 0 Å². The van der Waals surface area contributed by atoms with Gasteiger partial charge in [-0.15, -0.1) is 0 Å². The largest absolute Gasteiger partial charge is 0.496 e. The molecule has 25 heavy (non-hydrogen) atoms. The number of aromatic nitrogens is 2. The van der Waals surface area contributed by atoms with Gasteiger partial charge in [-0.05, 0) is 38.5 Å². The van der Waals surface area contributed by atoms with Gasteiger partial charge in [-0.25, -0.2) is 9.97 Å². The van der Waals surface area contributed by atoms with E-state index in [0.29, 0.717) is 18.7 Å². The lowest BCUT2D eigenvalue weighted by Crippen LogP contribution is -2.49. The second-order valence-corrected chi connectivity index (χ2v) is 6.38. The fourth-order valence-corrected chi connectivity index (χ4v) is 3.13. The van der Waals surface area contributed by atoms with Crippen molar-refractivity contribution in [3.63, 3.8) is 0 Å². The molecule has 2 heterocycles. The Morgan fingerprint density at radius 3 is 2.40 bits per heavy atom. The highest BCUT2D eigenvalue weighted by Crippen LogP contribution is 2.21. The number of nitrogens with zero attached hydrogens (tertiary/aromatic N) is 4. The Labute approximate surface area is 148 Å². The van der Waals surface area contributed by atoms with E-state index in [4.69, 9.17) is 4.74 Å². The van der Waals surface area contributed by atoms with Gasteiger partial charge in [0.25, 0.3) is 5.91 Å². The number of ether oxygens (including phenoxy) is 1. The summed E-state index contributed by atoms with van der Waals surface area (Å²) in [4.78, 5) is 25.7. The summed E-state index contributed by atoms with van der Waals surface area (Å²) >= 11 is 0. The minimum Gasteiger partial charge on any atom is -0.496 e. The number of hydrogen-bond acceptors (Lipinski definition) is 5. The van der Waals surface area contributed by atoms with Crippen molar-refractivity contribution in [1.29, 1.82) is 0 Å². The molecular weight excluding hydrogens is 316 g/mol. The van der Waals surface area contributed by atoms with Gasteiger partial charge in [0.1, 0.15) is 17.4 Å². The molecule has 0 radical (unpaired) electrons. The molecule has 1 saturated heterocycles. The predicted octanol–water partition coefficient (Wildman–Crippen LogP) is 2.37. The third-order valence-corrected chi connectivity index (χ3v) is 4.50. The van der Waals surface area contributed by atoms with Gasteiger partial charge in [0.15, 0.2) is 0 Å². The first-order chi connectivity index (χ1) is 12.0. The minimum absolute atomic E-state index is 0.0491. The van der Waals surface area contributed by atoms with Crippen LogP contribution in [0, 0.1) is 20.8 Å². The van der Waals surface area contributed by atoms with Crippen LogP contribution in [0.5, 0.6) is 5.75 Å². The van der Waals surface area contributed by atoms with Gasteiger partial charge in [-0.3, -0.25) is 4.79 Å². The number of carbonyl (C=O) groups excluding carboxylic acids is 1. The Balaban J connectivity index is 1.68. The molecule has 1 aliphatic heterocycles. The smallest absolute Gasteiger partial charge is 0.254 e. The van der Waals surface area contributed by atoms with Gasteiger partial charge in [-0.2, -0.15) is 0 Å². The van der Waals surface area contributed by atoms with Gasteiger partial charge < -0.3 is 14.5 Å². The fourth-order valence-electron chi connectivity index (χ4n) is 3.13. The second kappa shape index (κ2) is 7.09. The molecule has 0 atom stereocenters. The molecule has 1 fully saturated rings. The molecule has 0 unspecified atom stereocenters. The molecule has 1 aliphatic rings. The number of methoxy groups -OCH3 is 1. The van der Waals surface area contributed by atoms with E-state index in [2.05, 4.69) is 14.9 Å². The van der Waals surface area contributed by atoms with E-state index in [1.165, 1.54) is 0 Å². The number of amides is 1. The molecule has 1 amide bonds. The molecular formula is C19H24N4O2. The van der Waals surface area contributed by atoms with Crippen molar-refractivity contribution in [3.8, 4) is 5.75 Å². The van der Waals surface area contributed by atoms with E-state index in [0.717, 1.165) is 41.7 Å². The van der Waals surface area contributed by atoms with Crippen molar-refractivity contribution in [3.05, 3.63) is 46.9 Å². The van der Waals surface area contributed by atoms with E-state index in [1.807, 2.05) is 49.9 Å². The number of hydrogen-bond donors (Lipinski definition) is 0. The first kappa shape index (κ1) is 17.2. The van der Waals surface area contributed by atoms with Crippen molar-refractivity contribution in [2.75, 3.05) is 38.2 Å². The van der Waals surface area contributed by atoms with Crippen LogP contribution in [0.3, 0.4) is 0 Å². The zero-order chi connectivity index (χ0) is 18.0. The monoisotopic (exact) mass is 340 g/mol. The molecule has 132 valence electrons. The molecule has 6 heteroatoms. The SMILES string of the molecule is COc1cc(C(=O)N2CCN(c3cc(C)nc(C)n3)CC2)ccc1C. The van der Waals surface area contributed by atoms with Crippen molar-refractivity contribution >= 4 is 11.7 Å². The van der Waals surface area contributed by atoms with Crippen LogP contribution in [-0.2, 0) is 0 Å². The third-order valence-electron chi connectivity index (χ3n) is 4.50. The molecule has 1 aromatic heterocycles. The zero-order valence-electron chi connectivity index (χ0n) is 15.2. The number of anilines is 1. The van der Waals surface area contributed by atoms with Gasteiger partial charge in [-0.1, -0.05) is 6.07 Å². The normalized spacial score (nSPS) is 14.6. The van der Waals surface area contributed by atoms with E-state index in [9.17, 15) is 4.79 Å². The third kappa shape index (κ3) is 3.73. The van der Waals surface area contributed by atoms with Crippen LogP contribution in [0.25, 0.3) is 0 Å². The molecule has 6 nitrogen and oxygen atoms in total. The highest BCUT2D eigenvalue weighted by Gasteiger charge is 2.23. The summed E-state index contributed by atoms with van der Waals surface area (Å²) < 4.78 is 5.33. The first-order valence-corrected chi connectivity index (χ1v) is 8.49. The van der Waals surface area contributed by atoms with Crippen LogP contribution >= 0.6 is 0 Å². The topological polar surface area (TPSA) is 58.6 Å². The van der Waals surface area contributed by atoms with Crippen LogP contribution < -0.4 is 9.64 Å². The number of aryl methyl sites for hydroxylation is 3. The summed E-state index contributed by atoms with van der Waals surface area (Å²) in [5.74, 6) is 2.51. The van der Waals surface area contributed by atoms with Gasteiger partial charge >= 0.3 is 0 Å². The van der Waals surface area contributed by atoms with Crippen LogP contribution in [0.4, 0.5) is 5.82 Å². The van der Waals surface area contributed by atoms with Crippen LogP contribution in [0.2, 0.25) is 0 Å². The summed E-state index contributed by atoms with van der Waals surface area (Å²) in [6.07, 6.45) is 0. The van der Waals surface area contributed by atoms with Crippen LogP contribution in [-0.4, -0.2) is 54.1 Å². The molecule has 1 aromatic carbocycles. The summed E-state index contributed by atoms with van der Waals surface area (Å²) in [5, 5.41) is 0. The average molecular weight is 340 g/mol. The Hall–Kier alpha value is -2.63. The number of piperazine rings is 1. The number of rotatable bonds is 3. The number of carbonyl (C=O) groups is 1. The average Bonchev–Trinajstić information content (AvgIpc) is 2.61. The Kier molecular flexibility index (Phi) is 4.88. The molecule has 0 saturated carbocycles. The Morgan fingerprint density at radius 1 is 1.04 bits per heavy atom. The summed E-state index contributed by atoms with van der Waals surface area (Å²) in [6.45, 7) is 8.74. The quantitative estimate of drug-likeness (QED) is 0.858. The van der Waals surface area contributed by atoms with Crippen molar-refractivity contribution < 1.29 is 9.53 Å². The number of benzene rings is 1. The van der Waals surface area contributed by atoms with Crippen LogP contribution in [0.15, 0.2) is 24.3 Å². The van der Waals surface area contributed by atoms with E-state index in [1.54, 1.807) is 7.11 Å². The molecule has 0 aliphatic carbocycles.